The van der Waals surface area contributed by atoms with E-state index in [4.69, 9.17) is 5.11 Å². The van der Waals surface area contributed by atoms with Crippen LogP contribution in [0.2, 0.25) is 0 Å². The number of hydrogen-bond acceptors (Lipinski definition) is 2. The average Bonchev–Trinajstić information content (AvgIpc) is 2.13. The zero-order chi connectivity index (χ0) is 10.1. The third-order valence-electron chi connectivity index (χ3n) is 2.54. The number of rotatable bonds is 2. The van der Waals surface area contributed by atoms with Crippen LogP contribution >= 0.6 is 0 Å². The molecule has 0 atom stereocenters. The summed E-state index contributed by atoms with van der Waals surface area (Å²) in [4.78, 5) is 13.0. The normalized spacial score (nSPS) is 16.5. The minimum Gasteiger partial charge on any atom is -0.478 e. The number of carboxylic acids is 1. The van der Waals surface area contributed by atoms with Gasteiger partial charge in [0.05, 0.1) is 11.3 Å². The summed E-state index contributed by atoms with van der Waals surface area (Å²) >= 11 is 0. The van der Waals surface area contributed by atoms with Crippen LogP contribution in [0.1, 0.15) is 17.3 Å². The minimum absolute atomic E-state index is 0.402. The minimum atomic E-state index is -0.847. The van der Waals surface area contributed by atoms with E-state index in [9.17, 15) is 4.79 Å². The third kappa shape index (κ3) is 1.45. The Labute approximate surface area is 83.0 Å². The fourth-order valence-electron chi connectivity index (χ4n) is 1.83. The predicted octanol–water partition coefficient (Wildman–Crippen LogP) is 1.84. The van der Waals surface area contributed by atoms with Crippen molar-refractivity contribution in [3.63, 3.8) is 0 Å². The number of carbonyl (C=O) groups is 1. The van der Waals surface area contributed by atoms with Crippen LogP contribution in [0, 0.1) is 5.92 Å². The van der Waals surface area contributed by atoms with E-state index in [0.717, 1.165) is 18.8 Å². The van der Waals surface area contributed by atoms with Crippen molar-refractivity contribution in [2.45, 2.75) is 6.92 Å². The highest BCUT2D eigenvalue weighted by atomic mass is 16.4. The fraction of sp³-hybridized carbons (Fsp3) is 0.364. The van der Waals surface area contributed by atoms with Gasteiger partial charge in [0.25, 0.3) is 0 Å². The molecule has 0 aromatic heterocycles. The summed E-state index contributed by atoms with van der Waals surface area (Å²) in [6.07, 6.45) is 0. The summed E-state index contributed by atoms with van der Waals surface area (Å²) in [5.74, 6) is -0.169. The number of benzene rings is 1. The van der Waals surface area contributed by atoms with Gasteiger partial charge in [-0.1, -0.05) is 19.1 Å². The molecule has 0 bridgehead atoms. The summed E-state index contributed by atoms with van der Waals surface area (Å²) in [6.45, 7) is 4.09. The van der Waals surface area contributed by atoms with Gasteiger partial charge in [-0.05, 0) is 18.1 Å². The summed E-state index contributed by atoms with van der Waals surface area (Å²) in [7, 11) is 0. The molecule has 1 N–H and O–H groups in total. The van der Waals surface area contributed by atoms with Crippen molar-refractivity contribution in [3.05, 3.63) is 29.8 Å². The molecule has 1 aromatic carbocycles. The van der Waals surface area contributed by atoms with Crippen molar-refractivity contribution < 1.29 is 9.90 Å². The van der Waals surface area contributed by atoms with Gasteiger partial charge in [-0.15, -0.1) is 0 Å². The molecule has 1 aliphatic heterocycles. The number of para-hydroxylation sites is 1. The van der Waals surface area contributed by atoms with Crippen molar-refractivity contribution in [1.82, 2.24) is 0 Å². The Hall–Kier alpha value is -1.51. The zero-order valence-corrected chi connectivity index (χ0v) is 8.10. The molecule has 74 valence electrons. The average molecular weight is 191 g/mol. The van der Waals surface area contributed by atoms with Crippen LogP contribution in [-0.2, 0) is 0 Å². The Morgan fingerprint density at radius 1 is 1.43 bits per heavy atom. The predicted molar refractivity (Wildman–Crippen MR) is 54.8 cm³/mol. The first-order valence-electron chi connectivity index (χ1n) is 4.75. The maximum atomic E-state index is 10.9. The first-order chi connectivity index (χ1) is 6.68. The van der Waals surface area contributed by atoms with E-state index >= 15 is 0 Å². The maximum Gasteiger partial charge on any atom is 0.337 e. The van der Waals surface area contributed by atoms with Gasteiger partial charge in [0.1, 0.15) is 0 Å². The number of nitrogens with zero attached hydrogens (tertiary/aromatic N) is 1. The van der Waals surface area contributed by atoms with Crippen molar-refractivity contribution in [2.75, 3.05) is 18.0 Å². The SMILES string of the molecule is CC1CN(c2ccccc2C(=O)O)C1. The van der Waals surface area contributed by atoms with Crippen LogP contribution in [0.25, 0.3) is 0 Å². The molecule has 1 aromatic rings. The van der Waals surface area contributed by atoms with Gasteiger partial charge in [0.15, 0.2) is 0 Å². The van der Waals surface area contributed by atoms with Crippen molar-refractivity contribution in [3.8, 4) is 0 Å². The van der Waals surface area contributed by atoms with Gasteiger partial charge in [0, 0.05) is 13.1 Å². The smallest absolute Gasteiger partial charge is 0.337 e. The monoisotopic (exact) mass is 191 g/mol. The lowest BCUT2D eigenvalue weighted by Crippen LogP contribution is -2.45. The number of aromatic carboxylic acids is 1. The third-order valence-corrected chi connectivity index (χ3v) is 2.54. The lowest BCUT2D eigenvalue weighted by Gasteiger charge is -2.39. The summed E-state index contributed by atoms with van der Waals surface area (Å²) < 4.78 is 0. The Kier molecular flexibility index (Phi) is 2.15. The molecule has 0 radical (unpaired) electrons. The molecule has 14 heavy (non-hydrogen) atoms. The van der Waals surface area contributed by atoms with Gasteiger partial charge in [-0.2, -0.15) is 0 Å². The van der Waals surface area contributed by atoms with Crippen molar-refractivity contribution in [1.29, 1.82) is 0 Å². The fourth-order valence-corrected chi connectivity index (χ4v) is 1.83. The molecule has 1 fully saturated rings. The van der Waals surface area contributed by atoms with Crippen LogP contribution in [-0.4, -0.2) is 24.2 Å². The van der Waals surface area contributed by atoms with E-state index in [1.807, 2.05) is 12.1 Å². The molecule has 1 heterocycles. The second kappa shape index (κ2) is 3.33. The second-order valence-corrected chi connectivity index (χ2v) is 3.83. The first kappa shape index (κ1) is 9.06. The highest BCUT2D eigenvalue weighted by Gasteiger charge is 2.25. The highest BCUT2D eigenvalue weighted by Crippen LogP contribution is 2.27. The molecule has 3 heteroatoms. The molecule has 2 rings (SSSR count). The standard InChI is InChI=1S/C11H13NO2/c1-8-6-12(7-8)10-5-3-2-4-9(10)11(13)14/h2-5,8H,6-7H2,1H3,(H,13,14). The van der Waals surface area contributed by atoms with Gasteiger partial charge in [0.2, 0.25) is 0 Å². The molecule has 0 unspecified atom stereocenters. The van der Waals surface area contributed by atoms with E-state index < -0.39 is 5.97 Å². The molecular formula is C11H13NO2. The molecule has 1 saturated heterocycles. The molecule has 0 spiro atoms. The summed E-state index contributed by atoms with van der Waals surface area (Å²) in [6, 6.07) is 7.16. The second-order valence-electron chi connectivity index (χ2n) is 3.83. The van der Waals surface area contributed by atoms with E-state index in [-0.39, 0.29) is 0 Å². The van der Waals surface area contributed by atoms with E-state index in [1.54, 1.807) is 12.1 Å². The Morgan fingerprint density at radius 3 is 2.64 bits per heavy atom. The molecule has 0 aliphatic carbocycles. The maximum absolute atomic E-state index is 10.9. The molecule has 3 nitrogen and oxygen atoms in total. The number of hydrogen-bond donors (Lipinski definition) is 1. The van der Waals surface area contributed by atoms with Gasteiger partial charge >= 0.3 is 5.97 Å². The van der Waals surface area contributed by atoms with Crippen LogP contribution in [0.15, 0.2) is 24.3 Å². The number of carboxylic acid groups (broad SMARTS) is 1. The highest BCUT2D eigenvalue weighted by molar-refractivity contribution is 5.94. The first-order valence-corrected chi connectivity index (χ1v) is 4.75. The van der Waals surface area contributed by atoms with Gasteiger partial charge < -0.3 is 10.0 Å². The Morgan fingerprint density at radius 2 is 2.07 bits per heavy atom. The molecule has 0 saturated carbocycles. The zero-order valence-electron chi connectivity index (χ0n) is 8.10. The lowest BCUT2D eigenvalue weighted by molar-refractivity contribution is 0.0697. The van der Waals surface area contributed by atoms with Crippen LogP contribution in [0.3, 0.4) is 0 Å². The molecule has 0 amide bonds. The van der Waals surface area contributed by atoms with E-state index in [2.05, 4.69) is 11.8 Å². The molecular weight excluding hydrogens is 178 g/mol. The molecule has 1 aliphatic rings. The van der Waals surface area contributed by atoms with Crippen molar-refractivity contribution in [2.24, 2.45) is 5.92 Å². The Balaban J connectivity index is 2.28. The largest absolute Gasteiger partial charge is 0.478 e. The summed E-state index contributed by atoms with van der Waals surface area (Å²) in [5.41, 5.74) is 1.25. The number of anilines is 1. The van der Waals surface area contributed by atoms with Gasteiger partial charge in [-0.3, -0.25) is 0 Å². The quantitative estimate of drug-likeness (QED) is 0.775. The van der Waals surface area contributed by atoms with E-state index in [0.29, 0.717) is 11.5 Å². The summed E-state index contributed by atoms with van der Waals surface area (Å²) in [5, 5.41) is 8.97. The topological polar surface area (TPSA) is 40.5 Å². The van der Waals surface area contributed by atoms with E-state index in [1.165, 1.54) is 0 Å². The Bertz CT molecular complexity index is 356. The lowest BCUT2D eigenvalue weighted by atomic mass is 10.00. The van der Waals surface area contributed by atoms with Crippen LogP contribution in [0.5, 0.6) is 0 Å². The van der Waals surface area contributed by atoms with Crippen LogP contribution in [0.4, 0.5) is 5.69 Å². The van der Waals surface area contributed by atoms with Crippen LogP contribution < -0.4 is 4.90 Å². The van der Waals surface area contributed by atoms with Crippen molar-refractivity contribution >= 4 is 11.7 Å². The van der Waals surface area contributed by atoms with Gasteiger partial charge in [-0.25, -0.2) is 4.79 Å².